The lowest BCUT2D eigenvalue weighted by Crippen LogP contribution is -2.12. The van der Waals surface area contributed by atoms with E-state index in [1.165, 1.54) is 11.1 Å². The van der Waals surface area contributed by atoms with Crippen molar-refractivity contribution in [2.24, 2.45) is 7.05 Å². The van der Waals surface area contributed by atoms with Crippen molar-refractivity contribution in [2.75, 3.05) is 11.9 Å². The normalized spacial score (nSPS) is 10.5. The van der Waals surface area contributed by atoms with Gasteiger partial charge < -0.3 is 10.1 Å². The second-order valence-corrected chi connectivity index (χ2v) is 4.95. The van der Waals surface area contributed by atoms with Crippen LogP contribution < -0.4 is 5.32 Å². The van der Waals surface area contributed by atoms with Gasteiger partial charge in [0.1, 0.15) is 5.56 Å². The van der Waals surface area contributed by atoms with E-state index < -0.39 is 0 Å². The van der Waals surface area contributed by atoms with Gasteiger partial charge in [0.15, 0.2) is 0 Å². The van der Waals surface area contributed by atoms with Crippen LogP contribution in [0.15, 0.2) is 24.4 Å². The van der Waals surface area contributed by atoms with Crippen molar-refractivity contribution < 1.29 is 9.53 Å². The molecule has 0 atom stereocenters. The molecular formula is C16H21N3O2. The molecule has 2 aromatic rings. The zero-order valence-corrected chi connectivity index (χ0v) is 12.9. The van der Waals surface area contributed by atoms with Gasteiger partial charge in [-0.05, 0) is 38.0 Å². The van der Waals surface area contributed by atoms with Gasteiger partial charge in [-0.1, -0.05) is 12.1 Å². The molecule has 0 aliphatic heterocycles. The van der Waals surface area contributed by atoms with E-state index in [0.29, 0.717) is 18.7 Å². The van der Waals surface area contributed by atoms with Crippen LogP contribution in [0.5, 0.6) is 0 Å². The molecule has 2 rings (SSSR count). The molecule has 0 aliphatic rings. The fraction of sp³-hybridized carbons (Fsp3) is 0.375. The van der Waals surface area contributed by atoms with E-state index in [-0.39, 0.29) is 5.97 Å². The van der Waals surface area contributed by atoms with Gasteiger partial charge in [0.05, 0.1) is 25.0 Å². The molecule has 0 radical (unpaired) electrons. The van der Waals surface area contributed by atoms with Crippen LogP contribution in [0.2, 0.25) is 0 Å². The Morgan fingerprint density at radius 2 is 2.14 bits per heavy atom. The molecule has 0 saturated carbocycles. The molecule has 0 bridgehead atoms. The summed E-state index contributed by atoms with van der Waals surface area (Å²) < 4.78 is 6.76. The first kappa shape index (κ1) is 15.1. The van der Waals surface area contributed by atoms with E-state index in [1.54, 1.807) is 17.8 Å². The zero-order chi connectivity index (χ0) is 15.4. The fourth-order valence-corrected chi connectivity index (χ4v) is 2.17. The lowest BCUT2D eigenvalue weighted by Gasteiger charge is -2.12. The van der Waals surface area contributed by atoms with Gasteiger partial charge in [0, 0.05) is 12.7 Å². The molecule has 5 nitrogen and oxygen atoms in total. The number of esters is 1. The summed E-state index contributed by atoms with van der Waals surface area (Å²) >= 11 is 0. The zero-order valence-electron chi connectivity index (χ0n) is 12.9. The van der Waals surface area contributed by atoms with Gasteiger partial charge >= 0.3 is 5.97 Å². The number of anilines is 1. The number of nitrogens with zero attached hydrogens (tertiary/aromatic N) is 2. The number of aromatic nitrogens is 2. The number of rotatable bonds is 5. The quantitative estimate of drug-likeness (QED) is 0.859. The number of hydrogen-bond acceptors (Lipinski definition) is 4. The van der Waals surface area contributed by atoms with Crippen molar-refractivity contribution in [2.45, 2.75) is 27.3 Å². The lowest BCUT2D eigenvalue weighted by atomic mass is 10.1. The molecule has 1 N–H and O–H groups in total. The van der Waals surface area contributed by atoms with Crippen LogP contribution in [0, 0.1) is 13.8 Å². The Morgan fingerprint density at radius 1 is 1.38 bits per heavy atom. The highest BCUT2D eigenvalue weighted by Gasteiger charge is 2.17. The average molecular weight is 287 g/mol. The van der Waals surface area contributed by atoms with Crippen molar-refractivity contribution in [3.8, 4) is 0 Å². The number of nitrogens with one attached hydrogen (secondary N) is 1. The van der Waals surface area contributed by atoms with Crippen molar-refractivity contribution in [1.82, 2.24) is 9.78 Å². The third-order valence-corrected chi connectivity index (χ3v) is 3.61. The minimum atomic E-state index is -0.330. The summed E-state index contributed by atoms with van der Waals surface area (Å²) in [6, 6.07) is 6.12. The van der Waals surface area contributed by atoms with E-state index >= 15 is 0 Å². The van der Waals surface area contributed by atoms with Gasteiger partial charge in [-0.2, -0.15) is 5.10 Å². The van der Waals surface area contributed by atoms with Gasteiger partial charge in [0.2, 0.25) is 0 Å². The van der Waals surface area contributed by atoms with Crippen LogP contribution in [0.3, 0.4) is 0 Å². The number of hydrogen-bond donors (Lipinski definition) is 1. The molecule has 0 saturated heterocycles. The smallest absolute Gasteiger partial charge is 0.341 e. The Bertz CT molecular complexity index is 647. The van der Waals surface area contributed by atoms with Gasteiger partial charge in [-0.3, -0.25) is 4.68 Å². The van der Waals surface area contributed by atoms with Gasteiger partial charge in [-0.15, -0.1) is 0 Å². The molecule has 0 fully saturated rings. The predicted molar refractivity (Wildman–Crippen MR) is 82.4 cm³/mol. The van der Waals surface area contributed by atoms with Crippen LogP contribution in [0.25, 0.3) is 0 Å². The molecule has 112 valence electrons. The van der Waals surface area contributed by atoms with Crippen molar-refractivity contribution in [1.29, 1.82) is 0 Å². The molecule has 5 heteroatoms. The highest BCUT2D eigenvalue weighted by Crippen LogP contribution is 2.19. The van der Waals surface area contributed by atoms with Crippen LogP contribution in [-0.4, -0.2) is 22.4 Å². The average Bonchev–Trinajstić information content (AvgIpc) is 2.82. The van der Waals surface area contributed by atoms with Gasteiger partial charge in [-0.25, -0.2) is 4.79 Å². The molecule has 1 aromatic heterocycles. The largest absolute Gasteiger partial charge is 0.462 e. The molecular weight excluding hydrogens is 266 g/mol. The van der Waals surface area contributed by atoms with Crippen LogP contribution in [0.1, 0.15) is 34.1 Å². The SMILES string of the molecule is CCOC(=O)c1cnn(C)c1CNc1cccc(C)c1C. The van der Waals surface area contributed by atoms with E-state index in [9.17, 15) is 4.79 Å². The second kappa shape index (κ2) is 6.43. The maximum absolute atomic E-state index is 11.9. The minimum Gasteiger partial charge on any atom is -0.462 e. The van der Waals surface area contributed by atoms with E-state index in [0.717, 1.165) is 11.4 Å². The predicted octanol–water partition coefficient (Wildman–Crippen LogP) is 2.83. The van der Waals surface area contributed by atoms with E-state index in [4.69, 9.17) is 4.74 Å². The number of carbonyl (C=O) groups is 1. The first-order chi connectivity index (χ1) is 10.0. The van der Waals surface area contributed by atoms with E-state index in [2.05, 4.69) is 30.3 Å². The summed E-state index contributed by atoms with van der Waals surface area (Å²) in [4.78, 5) is 11.9. The Balaban J connectivity index is 2.18. The number of ether oxygens (including phenoxy) is 1. The number of carbonyl (C=O) groups excluding carboxylic acids is 1. The summed E-state index contributed by atoms with van der Waals surface area (Å²) in [6.45, 7) is 6.83. The van der Waals surface area contributed by atoms with Crippen LogP contribution in [0.4, 0.5) is 5.69 Å². The third kappa shape index (κ3) is 3.24. The van der Waals surface area contributed by atoms with Crippen molar-refractivity contribution in [3.05, 3.63) is 46.8 Å². The fourth-order valence-electron chi connectivity index (χ4n) is 2.17. The molecule has 0 aliphatic carbocycles. The van der Waals surface area contributed by atoms with Crippen molar-refractivity contribution >= 4 is 11.7 Å². The molecule has 21 heavy (non-hydrogen) atoms. The van der Waals surface area contributed by atoms with Crippen LogP contribution in [-0.2, 0) is 18.3 Å². The summed E-state index contributed by atoms with van der Waals surface area (Å²) in [5.41, 5.74) is 4.82. The number of benzene rings is 1. The topological polar surface area (TPSA) is 56.1 Å². The Hall–Kier alpha value is -2.30. The Labute approximate surface area is 124 Å². The van der Waals surface area contributed by atoms with Crippen molar-refractivity contribution in [3.63, 3.8) is 0 Å². The molecule has 0 amide bonds. The van der Waals surface area contributed by atoms with E-state index in [1.807, 2.05) is 19.2 Å². The molecule has 0 unspecified atom stereocenters. The van der Waals surface area contributed by atoms with Crippen LogP contribution >= 0.6 is 0 Å². The summed E-state index contributed by atoms with van der Waals surface area (Å²) in [5.74, 6) is -0.330. The molecule has 1 aromatic carbocycles. The minimum absolute atomic E-state index is 0.330. The van der Waals surface area contributed by atoms with Gasteiger partial charge in [0.25, 0.3) is 0 Å². The maximum Gasteiger partial charge on any atom is 0.341 e. The Kier molecular flexibility index (Phi) is 4.62. The monoisotopic (exact) mass is 287 g/mol. The lowest BCUT2D eigenvalue weighted by molar-refractivity contribution is 0.0525. The third-order valence-electron chi connectivity index (χ3n) is 3.61. The summed E-state index contributed by atoms with van der Waals surface area (Å²) in [7, 11) is 1.82. The second-order valence-electron chi connectivity index (χ2n) is 4.95. The standard InChI is InChI=1S/C16H21N3O2/c1-5-21-16(20)13-9-18-19(4)15(13)10-17-14-8-6-7-11(2)12(14)3/h6-9,17H,5,10H2,1-4H3. The first-order valence-electron chi connectivity index (χ1n) is 7.02. The molecule has 0 spiro atoms. The Morgan fingerprint density at radius 3 is 2.86 bits per heavy atom. The highest BCUT2D eigenvalue weighted by atomic mass is 16.5. The number of aryl methyl sites for hydroxylation is 2. The maximum atomic E-state index is 11.9. The first-order valence-corrected chi connectivity index (χ1v) is 7.02. The summed E-state index contributed by atoms with van der Waals surface area (Å²) in [5, 5.41) is 7.51. The summed E-state index contributed by atoms with van der Waals surface area (Å²) in [6.07, 6.45) is 1.55. The molecule has 1 heterocycles. The highest BCUT2D eigenvalue weighted by molar-refractivity contribution is 5.90.